The molecule has 46 valence electrons. The lowest BCUT2D eigenvalue weighted by molar-refractivity contribution is 0.411. The highest BCUT2D eigenvalue weighted by molar-refractivity contribution is 7.11. The van der Waals surface area contributed by atoms with Crippen LogP contribution in [-0.2, 0) is 0 Å². The maximum Gasteiger partial charge on any atom is 0.274 e. The second-order valence-corrected chi connectivity index (χ2v) is 2.14. The van der Waals surface area contributed by atoms with Crippen molar-refractivity contribution in [2.45, 2.75) is 0 Å². The Balaban J connectivity index is 2.90. The number of ether oxygens (including phenoxy) is 1. The molecule has 0 saturated heterocycles. The molecule has 0 aromatic carbocycles. The molecule has 0 radical (unpaired) electrons. The highest BCUT2D eigenvalue weighted by atomic mass is 32.1. The number of thiazole rings is 1. The van der Waals surface area contributed by atoms with E-state index in [1.54, 1.807) is 5.38 Å². The van der Waals surface area contributed by atoms with Crippen molar-refractivity contribution in [2.75, 3.05) is 7.11 Å². The van der Waals surface area contributed by atoms with Crippen LogP contribution in [0.4, 0.5) is 0 Å². The van der Waals surface area contributed by atoms with Crippen molar-refractivity contribution in [2.24, 2.45) is 0 Å². The summed E-state index contributed by atoms with van der Waals surface area (Å²) in [6, 6.07) is 1.90. The Morgan fingerprint density at radius 1 is 1.89 bits per heavy atom. The summed E-state index contributed by atoms with van der Waals surface area (Å²) in [7, 11) is 1.53. The van der Waals surface area contributed by atoms with Gasteiger partial charge in [0.1, 0.15) is 6.07 Å². The lowest BCUT2D eigenvalue weighted by Gasteiger charge is -1.84. The van der Waals surface area contributed by atoms with E-state index in [4.69, 9.17) is 10.00 Å². The van der Waals surface area contributed by atoms with Gasteiger partial charge in [0.2, 0.25) is 0 Å². The molecular weight excluding hydrogens is 136 g/mol. The van der Waals surface area contributed by atoms with Crippen molar-refractivity contribution in [1.82, 2.24) is 4.98 Å². The predicted molar refractivity (Wildman–Crippen MR) is 33.4 cm³/mol. The quantitative estimate of drug-likeness (QED) is 0.585. The molecule has 0 spiro atoms. The molecule has 0 fully saturated rings. The van der Waals surface area contributed by atoms with Crippen molar-refractivity contribution in [3.63, 3.8) is 0 Å². The van der Waals surface area contributed by atoms with Crippen LogP contribution in [0.3, 0.4) is 0 Å². The molecule has 1 aromatic rings. The topological polar surface area (TPSA) is 45.9 Å². The van der Waals surface area contributed by atoms with Gasteiger partial charge < -0.3 is 4.74 Å². The highest BCUT2D eigenvalue weighted by Gasteiger charge is 1.97. The van der Waals surface area contributed by atoms with Gasteiger partial charge in [-0.05, 0) is 0 Å². The number of nitrogens with zero attached hydrogens (tertiary/aromatic N) is 2. The van der Waals surface area contributed by atoms with Crippen LogP contribution in [0.2, 0.25) is 0 Å². The Labute approximate surface area is 56.5 Å². The summed E-state index contributed by atoms with van der Waals surface area (Å²) in [4.78, 5) is 3.78. The second kappa shape index (κ2) is 2.46. The van der Waals surface area contributed by atoms with Crippen molar-refractivity contribution in [3.8, 4) is 11.3 Å². The van der Waals surface area contributed by atoms with E-state index in [1.165, 1.54) is 18.4 Å². The van der Waals surface area contributed by atoms with E-state index >= 15 is 0 Å². The molecule has 0 bridgehead atoms. The first-order valence-corrected chi connectivity index (χ1v) is 3.14. The maximum atomic E-state index is 8.29. The van der Waals surface area contributed by atoms with E-state index in [2.05, 4.69) is 4.98 Å². The third-order valence-electron chi connectivity index (χ3n) is 0.772. The van der Waals surface area contributed by atoms with Crippen LogP contribution in [0.5, 0.6) is 5.19 Å². The van der Waals surface area contributed by atoms with E-state index < -0.39 is 0 Å². The zero-order chi connectivity index (χ0) is 6.69. The lowest BCUT2D eigenvalue weighted by atomic mass is 10.6. The van der Waals surface area contributed by atoms with E-state index in [-0.39, 0.29) is 0 Å². The van der Waals surface area contributed by atoms with Gasteiger partial charge in [-0.25, -0.2) is 0 Å². The van der Waals surface area contributed by atoms with Gasteiger partial charge in [0, 0.05) is 5.38 Å². The minimum atomic E-state index is 0.414. The van der Waals surface area contributed by atoms with Gasteiger partial charge >= 0.3 is 0 Å². The first kappa shape index (κ1) is 6.05. The molecule has 0 aliphatic rings. The Kier molecular flexibility index (Phi) is 1.66. The smallest absolute Gasteiger partial charge is 0.274 e. The van der Waals surface area contributed by atoms with Crippen molar-refractivity contribution in [3.05, 3.63) is 11.1 Å². The summed E-state index contributed by atoms with van der Waals surface area (Å²) >= 11 is 1.32. The van der Waals surface area contributed by atoms with Gasteiger partial charge in [0.05, 0.1) is 7.11 Å². The molecule has 1 aromatic heterocycles. The largest absolute Gasteiger partial charge is 0.473 e. The molecule has 0 unspecified atom stereocenters. The van der Waals surface area contributed by atoms with Gasteiger partial charge in [-0.15, -0.1) is 0 Å². The molecule has 0 amide bonds. The maximum absolute atomic E-state index is 8.29. The van der Waals surface area contributed by atoms with Crippen molar-refractivity contribution >= 4 is 11.3 Å². The molecular formula is C5H4N2OS. The third-order valence-corrected chi connectivity index (χ3v) is 1.57. The second-order valence-electron chi connectivity index (χ2n) is 1.31. The molecule has 1 rings (SSSR count). The van der Waals surface area contributed by atoms with Crippen LogP contribution in [0.1, 0.15) is 5.69 Å². The Hall–Kier alpha value is -1.08. The molecule has 0 aliphatic heterocycles. The van der Waals surface area contributed by atoms with E-state index in [0.29, 0.717) is 10.9 Å². The minimum Gasteiger partial charge on any atom is -0.473 e. The first-order valence-electron chi connectivity index (χ1n) is 2.26. The van der Waals surface area contributed by atoms with Gasteiger partial charge in [0.15, 0.2) is 5.69 Å². The van der Waals surface area contributed by atoms with E-state index in [0.717, 1.165) is 0 Å². The van der Waals surface area contributed by atoms with Crippen molar-refractivity contribution < 1.29 is 4.74 Å². The third kappa shape index (κ3) is 1.18. The zero-order valence-corrected chi connectivity index (χ0v) is 5.60. The number of hydrogen-bond donors (Lipinski definition) is 0. The molecule has 0 atom stereocenters. The standard InChI is InChI=1S/C5H4N2OS/c1-8-5-7-4(2-6)3-9-5/h3H,1H3. The fourth-order valence-electron chi connectivity index (χ4n) is 0.402. The molecule has 0 aliphatic carbocycles. The van der Waals surface area contributed by atoms with Crippen LogP contribution in [0.15, 0.2) is 5.38 Å². The normalized spacial score (nSPS) is 8.44. The number of nitriles is 1. The SMILES string of the molecule is COc1nc(C#N)cs1. The summed E-state index contributed by atoms with van der Waals surface area (Å²) < 4.78 is 4.75. The van der Waals surface area contributed by atoms with Crippen LogP contribution < -0.4 is 4.74 Å². The zero-order valence-electron chi connectivity index (χ0n) is 4.79. The average Bonchev–Trinajstić information content (AvgIpc) is 2.34. The lowest BCUT2D eigenvalue weighted by Crippen LogP contribution is -1.79. The first-order chi connectivity index (χ1) is 4.36. The van der Waals surface area contributed by atoms with Crippen LogP contribution in [0.25, 0.3) is 0 Å². The molecule has 0 saturated carbocycles. The van der Waals surface area contributed by atoms with Crippen LogP contribution in [-0.4, -0.2) is 12.1 Å². The molecule has 1 heterocycles. The van der Waals surface area contributed by atoms with E-state index in [9.17, 15) is 0 Å². The van der Waals surface area contributed by atoms with Crippen LogP contribution >= 0.6 is 11.3 Å². The minimum absolute atomic E-state index is 0.414. The summed E-state index contributed by atoms with van der Waals surface area (Å²) in [6.07, 6.45) is 0. The molecule has 0 N–H and O–H groups in total. The molecule has 3 nitrogen and oxygen atoms in total. The summed E-state index contributed by atoms with van der Waals surface area (Å²) in [5.41, 5.74) is 0.414. The van der Waals surface area contributed by atoms with Gasteiger partial charge in [0.25, 0.3) is 5.19 Å². The predicted octanol–water partition coefficient (Wildman–Crippen LogP) is 1.02. The number of methoxy groups -OCH3 is 1. The van der Waals surface area contributed by atoms with Gasteiger partial charge in [-0.1, -0.05) is 11.3 Å². The summed E-state index contributed by atoms with van der Waals surface area (Å²) in [5, 5.41) is 10.5. The van der Waals surface area contributed by atoms with E-state index in [1.807, 2.05) is 6.07 Å². The summed E-state index contributed by atoms with van der Waals surface area (Å²) in [5.74, 6) is 0. The monoisotopic (exact) mass is 140 g/mol. The highest BCUT2D eigenvalue weighted by Crippen LogP contribution is 2.15. The fraction of sp³-hybridized carbons (Fsp3) is 0.200. The van der Waals surface area contributed by atoms with Crippen LogP contribution in [0, 0.1) is 11.3 Å². The summed E-state index contributed by atoms with van der Waals surface area (Å²) in [6.45, 7) is 0. The Morgan fingerprint density at radius 3 is 3.00 bits per heavy atom. The van der Waals surface area contributed by atoms with Gasteiger partial charge in [-0.3, -0.25) is 0 Å². The number of aromatic nitrogens is 1. The molecule has 9 heavy (non-hydrogen) atoms. The Morgan fingerprint density at radius 2 is 2.67 bits per heavy atom. The number of rotatable bonds is 1. The number of hydrogen-bond acceptors (Lipinski definition) is 4. The van der Waals surface area contributed by atoms with Gasteiger partial charge in [-0.2, -0.15) is 10.2 Å². The Bertz CT molecular complexity index is 237. The molecule has 4 heteroatoms. The van der Waals surface area contributed by atoms with Crippen molar-refractivity contribution in [1.29, 1.82) is 5.26 Å². The fourth-order valence-corrected chi connectivity index (χ4v) is 0.968. The average molecular weight is 140 g/mol.